The van der Waals surface area contributed by atoms with Gasteiger partial charge >= 0.3 is 5.97 Å². The summed E-state index contributed by atoms with van der Waals surface area (Å²) in [5, 5.41) is 0. The number of unbranched alkanes of at least 4 members (excludes halogenated alkanes) is 8. The van der Waals surface area contributed by atoms with Crippen molar-refractivity contribution >= 4 is 5.97 Å². The highest BCUT2D eigenvalue weighted by atomic mass is 16.5. The Hall–Kier alpha value is -1.92. The lowest BCUT2D eigenvalue weighted by Crippen LogP contribution is -2.28. The molecule has 0 N–H and O–H groups in total. The number of aryl methyl sites for hydroxylation is 2. The van der Waals surface area contributed by atoms with Crippen molar-refractivity contribution in [2.24, 2.45) is 0 Å². The normalized spacial score (nSPS) is 11.8. The number of ether oxygens (including phenoxy) is 2. The number of imidazole rings is 1. The molecule has 1 rings (SSSR count). The van der Waals surface area contributed by atoms with Crippen LogP contribution < -0.4 is 0 Å². The Labute approximate surface area is 221 Å². The smallest absolute Gasteiger partial charge is 0.330 e. The number of hydrogen-bond acceptors (Lipinski definition) is 5. The van der Waals surface area contributed by atoms with Crippen LogP contribution in [0.2, 0.25) is 0 Å². The molecule has 0 fully saturated rings. The van der Waals surface area contributed by atoms with E-state index in [1.807, 2.05) is 19.2 Å². The number of methoxy groups -OCH3 is 1. The van der Waals surface area contributed by atoms with E-state index in [1.165, 1.54) is 64.5 Å². The number of esters is 1. The van der Waals surface area contributed by atoms with Crippen molar-refractivity contribution in [2.75, 3.05) is 40.0 Å². The molecule has 0 spiro atoms. The quantitative estimate of drug-likeness (QED) is 0.0665. The Balaban J connectivity index is 2.19. The molecule has 6 heteroatoms. The molecule has 0 radical (unpaired) electrons. The zero-order chi connectivity index (χ0) is 26.3. The lowest BCUT2D eigenvalue weighted by molar-refractivity contribution is -0.137. The van der Waals surface area contributed by atoms with Gasteiger partial charge in [0.25, 0.3) is 0 Å². The third kappa shape index (κ3) is 17.5. The zero-order valence-corrected chi connectivity index (χ0v) is 23.5. The third-order valence-corrected chi connectivity index (χ3v) is 6.59. The molecular formula is C30H53N3O3. The number of carbonyl (C=O) groups is 1. The van der Waals surface area contributed by atoms with Crippen LogP contribution in [0.5, 0.6) is 0 Å². The van der Waals surface area contributed by atoms with Gasteiger partial charge in [0, 0.05) is 38.7 Å². The second-order valence-electron chi connectivity index (χ2n) is 9.88. The van der Waals surface area contributed by atoms with E-state index in [-0.39, 0.29) is 5.97 Å². The fourth-order valence-corrected chi connectivity index (χ4v) is 4.34. The molecule has 0 atom stereocenters. The van der Waals surface area contributed by atoms with E-state index in [9.17, 15) is 4.79 Å². The van der Waals surface area contributed by atoms with Crippen molar-refractivity contribution in [1.29, 1.82) is 0 Å². The summed E-state index contributed by atoms with van der Waals surface area (Å²) in [7, 11) is 1.78. The first-order valence-corrected chi connectivity index (χ1v) is 14.2. The van der Waals surface area contributed by atoms with E-state index in [0.717, 1.165) is 63.2 Å². The molecule has 206 valence electrons. The molecule has 36 heavy (non-hydrogen) atoms. The molecule has 0 saturated heterocycles. The second-order valence-corrected chi connectivity index (χ2v) is 9.88. The molecule has 0 aliphatic carbocycles. The van der Waals surface area contributed by atoms with Crippen LogP contribution in [0.1, 0.15) is 96.2 Å². The predicted octanol–water partition coefficient (Wildman–Crippen LogP) is 6.89. The summed E-state index contributed by atoms with van der Waals surface area (Å²) in [4.78, 5) is 18.8. The molecular weight excluding hydrogens is 450 g/mol. The van der Waals surface area contributed by atoms with Gasteiger partial charge in [0.2, 0.25) is 0 Å². The first-order chi connectivity index (χ1) is 17.6. The van der Waals surface area contributed by atoms with Crippen LogP contribution in [0.25, 0.3) is 0 Å². The van der Waals surface area contributed by atoms with Gasteiger partial charge in [-0.25, -0.2) is 9.78 Å². The minimum absolute atomic E-state index is 0.211. The Bertz CT molecular complexity index is 714. The zero-order valence-electron chi connectivity index (χ0n) is 23.5. The van der Waals surface area contributed by atoms with Gasteiger partial charge in [-0.05, 0) is 78.4 Å². The van der Waals surface area contributed by atoms with Crippen LogP contribution in [-0.4, -0.2) is 60.4 Å². The maximum absolute atomic E-state index is 11.8. The summed E-state index contributed by atoms with van der Waals surface area (Å²) in [5.74, 6) is 0.888. The molecule has 1 aromatic heterocycles. The average molecular weight is 504 g/mol. The molecule has 0 aliphatic heterocycles. The molecule has 6 nitrogen and oxygen atoms in total. The molecule has 0 amide bonds. The van der Waals surface area contributed by atoms with Gasteiger partial charge in [-0.1, -0.05) is 50.2 Å². The highest BCUT2D eigenvalue weighted by Gasteiger charge is 2.06. The number of aromatic nitrogens is 2. The van der Waals surface area contributed by atoms with Crippen LogP contribution in [0.3, 0.4) is 0 Å². The molecule has 0 aliphatic rings. The van der Waals surface area contributed by atoms with Crippen LogP contribution in [0.4, 0.5) is 0 Å². The van der Waals surface area contributed by atoms with Crippen LogP contribution in [0, 0.1) is 6.92 Å². The van der Waals surface area contributed by atoms with Gasteiger partial charge < -0.3 is 18.9 Å². The number of nitrogens with zero attached hydrogens (tertiary/aromatic N) is 3. The fourth-order valence-electron chi connectivity index (χ4n) is 4.34. The number of rotatable bonds is 24. The van der Waals surface area contributed by atoms with Gasteiger partial charge in [-0.2, -0.15) is 0 Å². The van der Waals surface area contributed by atoms with Gasteiger partial charge in [0.1, 0.15) is 5.82 Å². The Morgan fingerprint density at radius 3 is 2.19 bits per heavy atom. The van der Waals surface area contributed by atoms with Crippen molar-refractivity contribution < 1.29 is 14.3 Å². The maximum Gasteiger partial charge on any atom is 0.330 e. The predicted molar refractivity (Wildman–Crippen MR) is 150 cm³/mol. The van der Waals surface area contributed by atoms with Gasteiger partial charge in [0.05, 0.1) is 6.61 Å². The summed E-state index contributed by atoms with van der Waals surface area (Å²) in [6.45, 7) is 13.7. The fraction of sp³-hybridized carbons (Fsp3) is 0.733. The Morgan fingerprint density at radius 2 is 1.58 bits per heavy atom. The Morgan fingerprint density at radius 1 is 0.972 bits per heavy atom. The van der Waals surface area contributed by atoms with Gasteiger partial charge in [-0.3, -0.25) is 0 Å². The van der Waals surface area contributed by atoms with Crippen molar-refractivity contribution in [3.8, 4) is 0 Å². The van der Waals surface area contributed by atoms with Crippen molar-refractivity contribution in [3.05, 3.63) is 42.5 Å². The minimum atomic E-state index is -0.211. The lowest BCUT2D eigenvalue weighted by atomic mass is 10.1. The summed E-state index contributed by atoms with van der Waals surface area (Å²) < 4.78 is 12.7. The molecule has 1 heterocycles. The maximum atomic E-state index is 11.8. The topological polar surface area (TPSA) is 56.6 Å². The highest BCUT2D eigenvalue weighted by molar-refractivity contribution is 5.82. The first kappa shape index (κ1) is 32.1. The lowest BCUT2D eigenvalue weighted by Gasteiger charge is -2.22. The summed E-state index contributed by atoms with van der Waals surface area (Å²) >= 11 is 0. The van der Waals surface area contributed by atoms with Gasteiger partial charge in [0.15, 0.2) is 0 Å². The van der Waals surface area contributed by atoms with Crippen molar-refractivity contribution in [2.45, 2.75) is 104 Å². The second kappa shape index (κ2) is 22.3. The Kier molecular flexibility index (Phi) is 19.9. The largest absolute Gasteiger partial charge is 0.463 e. The van der Waals surface area contributed by atoms with E-state index in [1.54, 1.807) is 13.2 Å². The SMILES string of the molecule is C=CCC/C(C)=C/C(=O)OCCCCCCCN(CCCCCCCOC)CCCn1ccnc1C. The van der Waals surface area contributed by atoms with Crippen LogP contribution in [-0.2, 0) is 20.8 Å². The molecule has 0 unspecified atom stereocenters. The summed E-state index contributed by atoms with van der Waals surface area (Å²) in [6, 6.07) is 0. The molecule has 0 saturated carbocycles. The third-order valence-electron chi connectivity index (χ3n) is 6.59. The molecule has 0 bridgehead atoms. The van der Waals surface area contributed by atoms with E-state index in [2.05, 4.69) is 34.2 Å². The van der Waals surface area contributed by atoms with E-state index in [4.69, 9.17) is 9.47 Å². The monoisotopic (exact) mass is 503 g/mol. The minimum Gasteiger partial charge on any atom is -0.463 e. The van der Waals surface area contributed by atoms with Crippen molar-refractivity contribution in [1.82, 2.24) is 14.5 Å². The van der Waals surface area contributed by atoms with Gasteiger partial charge in [-0.15, -0.1) is 6.58 Å². The van der Waals surface area contributed by atoms with Crippen LogP contribution in [0.15, 0.2) is 36.7 Å². The molecule has 0 aromatic carbocycles. The van der Waals surface area contributed by atoms with E-state index in [0.29, 0.717) is 6.61 Å². The summed E-state index contributed by atoms with van der Waals surface area (Å²) in [6.07, 6.45) is 22.5. The summed E-state index contributed by atoms with van der Waals surface area (Å²) in [5.41, 5.74) is 1.05. The number of hydrogen-bond donors (Lipinski definition) is 0. The number of carbonyl (C=O) groups excluding carboxylic acids is 1. The van der Waals surface area contributed by atoms with E-state index >= 15 is 0 Å². The molecule has 1 aromatic rings. The standard InChI is InChI=1S/C30H53N3O3/c1-5-6-18-28(2)27-30(34)36-26-16-12-8-10-14-21-32(20-13-9-7-11-15-25-35-4)22-17-23-33-24-19-31-29(33)3/h5,19,24,27H,1,6-18,20-23,25-26H2,2-4H3/b28-27+. The number of allylic oxidation sites excluding steroid dienone is 2. The highest BCUT2D eigenvalue weighted by Crippen LogP contribution is 2.10. The van der Waals surface area contributed by atoms with Crippen molar-refractivity contribution in [3.63, 3.8) is 0 Å². The van der Waals surface area contributed by atoms with Crippen LogP contribution >= 0.6 is 0 Å². The first-order valence-electron chi connectivity index (χ1n) is 14.2. The van der Waals surface area contributed by atoms with E-state index < -0.39 is 0 Å². The average Bonchev–Trinajstić information content (AvgIpc) is 3.27.